The third kappa shape index (κ3) is 3.41. The van der Waals surface area contributed by atoms with Gasteiger partial charge in [0, 0.05) is 5.92 Å². The van der Waals surface area contributed by atoms with Gasteiger partial charge in [0.25, 0.3) is 0 Å². The van der Waals surface area contributed by atoms with Crippen LogP contribution < -0.4 is 4.74 Å². The van der Waals surface area contributed by atoms with Gasteiger partial charge >= 0.3 is 0 Å². The van der Waals surface area contributed by atoms with Crippen LogP contribution in [0.3, 0.4) is 0 Å². The van der Waals surface area contributed by atoms with E-state index in [1.165, 1.54) is 12.1 Å². The zero-order valence-electron chi connectivity index (χ0n) is 10.7. The molecule has 0 amide bonds. The summed E-state index contributed by atoms with van der Waals surface area (Å²) in [6.07, 6.45) is 1.39. The van der Waals surface area contributed by atoms with E-state index in [1.54, 1.807) is 19.2 Å². The van der Waals surface area contributed by atoms with E-state index in [1.807, 2.05) is 24.3 Å². The normalized spacial score (nSPS) is 11.9. The average molecular weight is 258 g/mol. The van der Waals surface area contributed by atoms with E-state index in [9.17, 15) is 9.18 Å². The average Bonchev–Trinajstić information content (AvgIpc) is 2.45. The Morgan fingerprint density at radius 2 is 2.00 bits per heavy atom. The number of benzene rings is 2. The lowest BCUT2D eigenvalue weighted by atomic mass is 9.93. The molecule has 0 aliphatic heterocycles. The second-order valence-electron chi connectivity index (χ2n) is 4.35. The maximum absolute atomic E-state index is 13.2. The molecule has 0 fully saturated rings. The molecule has 1 atom stereocenters. The lowest BCUT2D eigenvalue weighted by Crippen LogP contribution is -2.05. The lowest BCUT2D eigenvalue weighted by molar-refractivity contribution is -0.109. The Morgan fingerprint density at radius 1 is 1.21 bits per heavy atom. The van der Waals surface area contributed by atoms with Gasteiger partial charge in [-0.2, -0.15) is 0 Å². The zero-order chi connectivity index (χ0) is 13.7. The lowest BCUT2D eigenvalue weighted by Gasteiger charge is -2.11. The Morgan fingerprint density at radius 3 is 2.68 bits per heavy atom. The first-order valence-corrected chi connectivity index (χ1v) is 6.06. The molecule has 0 aliphatic rings. The maximum Gasteiger partial charge on any atom is 0.127 e. The van der Waals surface area contributed by atoms with E-state index >= 15 is 0 Å². The topological polar surface area (TPSA) is 26.3 Å². The summed E-state index contributed by atoms with van der Waals surface area (Å²) >= 11 is 0. The van der Waals surface area contributed by atoms with Crippen LogP contribution in [0.2, 0.25) is 0 Å². The molecule has 1 unspecified atom stereocenters. The molecule has 2 nitrogen and oxygen atoms in total. The summed E-state index contributed by atoms with van der Waals surface area (Å²) in [6.45, 7) is 0. The molecule has 0 spiro atoms. The highest BCUT2D eigenvalue weighted by Gasteiger charge is 2.12. The molecular formula is C16H15FO2. The molecule has 2 rings (SSSR count). The standard InChI is InChI=1S/C16H15FO2/c1-19-16-7-2-4-12(9-16)8-14(11-18)13-5-3-6-15(17)10-13/h2-7,9-11,14H,8H2,1H3. The number of carbonyl (C=O) groups is 1. The van der Waals surface area contributed by atoms with Crippen LogP contribution in [0.25, 0.3) is 0 Å². The van der Waals surface area contributed by atoms with Crippen LogP contribution in [-0.2, 0) is 11.2 Å². The number of methoxy groups -OCH3 is 1. The van der Waals surface area contributed by atoms with Gasteiger partial charge in [0.15, 0.2) is 0 Å². The van der Waals surface area contributed by atoms with Crippen molar-refractivity contribution in [3.05, 3.63) is 65.5 Å². The molecule has 0 aliphatic carbocycles. The number of aldehydes is 1. The number of carbonyl (C=O) groups excluding carboxylic acids is 1. The maximum atomic E-state index is 13.2. The first kappa shape index (κ1) is 13.3. The highest BCUT2D eigenvalue weighted by atomic mass is 19.1. The Kier molecular flexibility index (Phi) is 4.29. The first-order chi connectivity index (χ1) is 9.22. The Balaban J connectivity index is 2.21. The van der Waals surface area contributed by atoms with Crippen LogP contribution in [-0.4, -0.2) is 13.4 Å². The molecule has 0 aromatic heterocycles. The molecule has 0 N–H and O–H groups in total. The van der Waals surface area contributed by atoms with Crippen molar-refractivity contribution >= 4 is 6.29 Å². The quantitative estimate of drug-likeness (QED) is 0.769. The molecule has 0 heterocycles. The smallest absolute Gasteiger partial charge is 0.127 e. The van der Waals surface area contributed by atoms with E-state index < -0.39 is 0 Å². The molecule has 0 saturated heterocycles. The largest absolute Gasteiger partial charge is 0.497 e. The minimum Gasteiger partial charge on any atom is -0.497 e. The number of rotatable bonds is 5. The fraction of sp³-hybridized carbons (Fsp3) is 0.188. The van der Waals surface area contributed by atoms with E-state index in [-0.39, 0.29) is 11.7 Å². The fourth-order valence-electron chi connectivity index (χ4n) is 2.04. The van der Waals surface area contributed by atoms with Crippen LogP contribution in [0.15, 0.2) is 48.5 Å². The molecular weight excluding hydrogens is 243 g/mol. The van der Waals surface area contributed by atoms with Gasteiger partial charge < -0.3 is 9.53 Å². The van der Waals surface area contributed by atoms with Gasteiger partial charge in [-0.25, -0.2) is 4.39 Å². The summed E-state index contributed by atoms with van der Waals surface area (Å²) < 4.78 is 18.3. The van der Waals surface area contributed by atoms with Gasteiger partial charge in [-0.1, -0.05) is 24.3 Å². The summed E-state index contributed by atoms with van der Waals surface area (Å²) in [5, 5.41) is 0. The van der Waals surface area contributed by atoms with Gasteiger partial charge in [-0.05, 0) is 41.8 Å². The number of hydrogen-bond donors (Lipinski definition) is 0. The van der Waals surface area contributed by atoms with Crippen LogP contribution in [0, 0.1) is 5.82 Å². The molecule has 19 heavy (non-hydrogen) atoms. The Hall–Kier alpha value is -2.16. The van der Waals surface area contributed by atoms with Crippen LogP contribution in [0.1, 0.15) is 17.0 Å². The minimum atomic E-state index is -0.345. The second kappa shape index (κ2) is 6.14. The van der Waals surface area contributed by atoms with Crippen molar-refractivity contribution in [1.29, 1.82) is 0 Å². The second-order valence-corrected chi connectivity index (χ2v) is 4.35. The summed E-state index contributed by atoms with van der Waals surface area (Å²) in [5.74, 6) is 0.0826. The first-order valence-electron chi connectivity index (χ1n) is 6.06. The monoisotopic (exact) mass is 258 g/mol. The van der Waals surface area contributed by atoms with Crippen molar-refractivity contribution in [3.63, 3.8) is 0 Å². The van der Waals surface area contributed by atoms with Crippen molar-refractivity contribution < 1.29 is 13.9 Å². The summed E-state index contributed by atoms with van der Waals surface area (Å²) in [7, 11) is 1.60. The predicted molar refractivity (Wildman–Crippen MR) is 71.9 cm³/mol. The van der Waals surface area contributed by atoms with Gasteiger partial charge in [0.2, 0.25) is 0 Å². The predicted octanol–water partition coefficient (Wildman–Crippen LogP) is 3.36. The third-order valence-corrected chi connectivity index (χ3v) is 3.03. The molecule has 0 radical (unpaired) electrons. The SMILES string of the molecule is COc1cccc(CC(C=O)c2cccc(F)c2)c1. The summed E-state index contributed by atoms with van der Waals surface area (Å²) in [6, 6.07) is 13.7. The van der Waals surface area contributed by atoms with Crippen LogP contribution in [0.5, 0.6) is 5.75 Å². The van der Waals surface area contributed by atoms with E-state index in [2.05, 4.69) is 0 Å². The summed E-state index contributed by atoms with van der Waals surface area (Å²) in [4.78, 5) is 11.2. The van der Waals surface area contributed by atoms with Crippen molar-refractivity contribution in [2.75, 3.05) is 7.11 Å². The Bertz CT molecular complexity index is 566. The van der Waals surface area contributed by atoms with Crippen LogP contribution in [0.4, 0.5) is 4.39 Å². The highest BCUT2D eigenvalue weighted by Crippen LogP contribution is 2.22. The van der Waals surface area contributed by atoms with Crippen molar-refractivity contribution in [3.8, 4) is 5.75 Å². The van der Waals surface area contributed by atoms with E-state index in [0.717, 1.165) is 17.6 Å². The molecule has 0 bridgehead atoms. The molecule has 2 aromatic rings. The number of halogens is 1. The van der Waals surface area contributed by atoms with Crippen molar-refractivity contribution in [2.24, 2.45) is 0 Å². The fourth-order valence-corrected chi connectivity index (χ4v) is 2.04. The number of ether oxygens (including phenoxy) is 1. The Labute approximate surface area is 111 Å². The van der Waals surface area contributed by atoms with E-state index in [0.29, 0.717) is 12.0 Å². The van der Waals surface area contributed by atoms with Crippen LogP contribution >= 0.6 is 0 Å². The molecule has 2 aromatic carbocycles. The van der Waals surface area contributed by atoms with Gasteiger partial charge in [0.05, 0.1) is 7.11 Å². The summed E-state index contributed by atoms with van der Waals surface area (Å²) in [5.41, 5.74) is 1.68. The highest BCUT2D eigenvalue weighted by molar-refractivity contribution is 5.63. The third-order valence-electron chi connectivity index (χ3n) is 3.03. The number of hydrogen-bond acceptors (Lipinski definition) is 2. The van der Waals surface area contributed by atoms with E-state index in [4.69, 9.17) is 4.74 Å². The molecule has 0 saturated carbocycles. The van der Waals surface area contributed by atoms with Gasteiger partial charge in [-0.3, -0.25) is 0 Å². The molecule has 98 valence electrons. The zero-order valence-corrected chi connectivity index (χ0v) is 10.7. The van der Waals surface area contributed by atoms with Crippen molar-refractivity contribution in [2.45, 2.75) is 12.3 Å². The molecule has 3 heteroatoms. The van der Waals surface area contributed by atoms with Gasteiger partial charge in [0.1, 0.15) is 17.9 Å². The van der Waals surface area contributed by atoms with Crippen molar-refractivity contribution in [1.82, 2.24) is 0 Å². The minimum absolute atomic E-state index is 0.324. The van der Waals surface area contributed by atoms with Gasteiger partial charge in [-0.15, -0.1) is 0 Å².